The van der Waals surface area contributed by atoms with Crippen LogP contribution in [0, 0.1) is 6.92 Å². The van der Waals surface area contributed by atoms with Crippen LogP contribution in [0.4, 0.5) is 5.82 Å². The van der Waals surface area contributed by atoms with E-state index in [1.807, 2.05) is 34.9 Å². The first kappa shape index (κ1) is 12.8. The van der Waals surface area contributed by atoms with E-state index in [1.165, 1.54) is 0 Å². The van der Waals surface area contributed by atoms with E-state index in [2.05, 4.69) is 4.98 Å². The predicted octanol–water partition coefficient (Wildman–Crippen LogP) is 2.97. The smallest absolute Gasteiger partial charge is 0.196 e. The largest absolute Gasteiger partial charge is 0.493 e. The zero-order valence-electron chi connectivity index (χ0n) is 11.5. The molecule has 0 unspecified atom stereocenters. The third-order valence-electron chi connectivity index (χ3n) is 3.26. The second-order valence-electron chi connectivity index (χ2n) is 4.39. The molecule has 0 radical (unpaired) electrons. The molecule has 2 heterocycles. The first-order chi connectivity index (χ1) is 9.65. The maximum atomic E-state index is 6.10. The van der Waals surface area contributed by atoms with Crippen molar-refractivity contribution in [2.75, 3.05) is 20.0 Å². The summed E-state index contributed by atoms with van der Waals surface area (Å²) in [5.41, 5.74) is 8.96. The molecule has 5 nitrogen and oxygen atoms in total. The monoisotopic (exact) mass is 289 g/mol. The number of imidazole rings is 1. The number of aryl methyl sites for hydroxylation is 1. The normalized spacial score (nSPS) is 10.9. The highest BCUT2D eigenvalue weighted by molar-refractivity contribution is 7.15. The fraction of sp³-hybridized carbons (Fsp3) is 0.214. The van der Waals surface area contributed by atoms with E-state index in [1.54, 1.807) is 25.6 Å². The van der Waals surface area contributed by atoms with Crippen molar-refractivity contribution in [1.29, 1.82) is 0 Å². The number of nitrogen functional groups attached to an aromatic ring is 1. The molecule has 3 rings (SSSR count). The van der Waals surface area contributed by atoms with Gasteiger partial charge < -0.3 is 15.2 Å². The van der Waals surface area contributed by atoms with E-state index in [-0.39, 0.29) is 0 Å². The Morgan fingerprint density at radius 2 is 1.95 bits per heavy atom. The molecule has 2 aromatic heterocycles. The van der Waals surface area contributed by atoms with Gasteiger partial charge in [0.15, 0.2) is 16.5 Å². The van der Waals surface area contributed by atoms with Crippen molar-refractivity contribution < 1.29 is 9.47 Å². The van der Waals surface area contributed by atoms with Gasteiger partial charge >= 0.3 is 0 Å². The van der Waals surface area contributed by atoms with E-state index >= 15 is 0 Å². The molecule has 2 N–H and O–H groups in total. The van der Waals surface area contributed by atoms with E-state index < -0.39 is 0 Å². The van der Waals surface area contributed by atoms with Gasteiger partial charge in [-0.2, -0.15) is 0 Å². The summed E-state index contributed by atoms with van der Waals surface area (Å²) in [5, 5.41) is 2.04. The van der Waals surface area contributed by atoms with Crippen LogP contribution in [0.1, 0.15) is 5.69 Å². The summed E-state index contributed by atoms with van der Waals surface area (Å²) in [7, 11) is 3.25. The number of fused-ring (bicyclic) bond motifs is 1. The maximum Gasteiger partial charge on any atom is 0.196 e. The Hall–Kier alpha value is -2.21. The molecule has 0 spiro atoms. The second-order valence-corrected chi connectivity index (χ2v) is 5.23. The molecule has 0 saturated carbocycles. The molecule has 3 aromatic rings. The molecule has 0 atom stereocenters. The number of aromatic nitrogens is 2. The molecule has 0 fully saturated rings. The average molecular weight is 289 g/mol. The van der Waals surface area contributed by atoms with Gasteiger partial charge in [0, 0.05) is 10.9 Å². The fourth-order valence-corrected chi connectivity index (χ4v) is 3.13. The lowest BCUT2D eigenvalue weighted by Gasteiger charge is -2.09. The zero-order chi connectivity index (χ0) is 14.3. The number of methoxy groups -OCH3 is 2. The minimum Gasteiger partial charge on any atom is -0.493 e. The Kier molecular flexibility index (Phi) is 3.02. The van der Waals surface area contributed by atoms with Crippen LogP contribution in [0.5, 0.6) is 11.5 Å². The van der Waals surface area contributed by atoms with Crippen LogP contribution < -0.4 is 15.2 Å². The van der Waals surface area contributed by atoms with Crippen LogP contribution in [0.2, 0.25) is 0 Å². The molecule has 0 amide bonds. The van der Waals surface area contributed by atoms with Gasteiger partial charge in [-0.15, -0.1) is 11.3 Å². The zero-order valence-corrected chi connectivity index (χ0v) is 12.3. The van der Waals surface area contributed by atoms with Crippen molar-refractivity contribution in [1.82, 2.24) is 9.38 Å². The minimum absolute atomic E-state index is 0.672. The van der Waals surface area contributed by atoms with Crippen molar-refractivity contribution in [2.24, 2.45) is 0 Å². The lowest BCUT2D eigenvalue weighted by molar-refractivity contribution is 0.355. The summed E-state index contributed by atoms with van der Waals surface area (Å²) in [4.78, 5) is 5.33. The number of anilines is 1. The topological polar surface area (TPSA) is 61.8 Å². The Morgan fingerprint density at radius 3 is 2.65 bits per heavy atom. The molecule has 0 saturated heterocycles. The van der Waals surface area contributed by atoms with Crippen LogP contribution in [-0.2, 0) is 0 Å². The van der Waals surface area contributed by atoms with Crippen LogP contribution in [0.3, 0.4) is 0 Å². The highest BCUT2D eigenvalue weighted by atomic mass is 32.1. The number of hydrogen-bond donors (Lipinski definition) is 1. The average Bonchev–Trinajstić information content (AvgIpc) is 2.99. The van der Waals surface area contributed by atoms with Crippen LogP contribution in [-0.4, -0.2) is 23.6 Å². The number of nitrogens with two attached hydrogens (primary N) is 1. The van der Waals surface area contributed by atoms with Gasteiger partial charge in [0.2, 0.25) is 0 Å². The number of benzene rings is 1. The van der Waals surface area contributed by atoms with Gasteiger partial charge in [-0.25, -0.2) is 4.98 Å². The van der Waals surface area contributed by atoms with Crippen molar-refractivity contribution >= 4 is 22.1 Å². The van der Waals surface area contributed by atoms with Gasteiger partial charge in [0.25, 0.3) is 0 Å². The van der Waals surface area contributed by atoms with Gasteiger partial charge in [0.1, 0.15) is 5.82 Å². The molecule has 0 aliphatic rings. The number of nitrogens with zero attached hydrogens (tertiary/aromatic N) is 2. The Bertz CT molecular complexity index is 776. The number of thiazole rings is 1. The number of ether oxygens (including phenoxy) is 2. The Balaban J connectivity index is 2.20. The van der Waals surface area contributed by atoms with Gasteiger partial charge in [-0.1, -0.05) is 0 Å². The van der Waals surface area contributed by atoms with Crippen LogP contribution in [0.15, 0.2) is 23.6 Å². The summed E-state index contributed by atoms with van der Waals surface area (Å²) in [6.07, 6.45) is 0. The minimum atomic E-state index is 0.672. The van der Waals surface area contributed by atoms with Gasteiger partial charge in [0.05, 0.1) is 25.6 Å². The molecule has 6 heteroatoms. The number of rotatable bonds is 3. The molecule has 0 aliphatic heterocycles. The molecule has 1 aromatic carbocycles. The summed E-state index contributed by atoms with van der Waals surface area (Å²) in [5.74, 6) is 2.07. The highest BCUT2D eigenvalue weighted by Gasteiger charge is 2.14. The third-order valence-corrected chi connectivity index (χ3v) is 4.09. The first-order valence-corrected chi connectivity index (χ1v) is 6.98. The summed E-state index contributed by atoms with van der Waals surface area (Å²) >= 11 is 1.57. The van der Waals surface area contributed by atoms with Gasteiger partial charge in [-0.3, -0.25) is 4.40 Å². The second kappa shape index (κ2) is 4.72. The van der Waals surface area contributed by atoms with Crippen molar-refractivity contribution in [2.45, 2.75) is 6.92 Å². The third kappa shape index (κ3) is 1.80. The van der Waals surface area contributed by atoms with E-state index in [0.29, 0.717) is 17.3 Å². The van der Waals surface area contributed by atoms with E-state index in [9.17, 15) is 0 Å². The molecule has 0 bridgehead atoms. The lowest BCUT2D eigenvalue weighted by Crippen LogP contribution is -1.96. The molecule has 0 aliphatic carbocycles. The predicted molar refractivity (Wildman–Crippen MR) is 80.8 cm³/mol. The van der Waals surface area contributed by atoms with Crippen LogP contribution in [0.25, 0.3) is 16.2 Å². The van der Waals surface area contributed by atoms with Crippen molar-refractivity contribution in [3.8, 4) is 22.8 Å². The maximum absolute atomic E-state index is 6.10. The molecule has 104 valence electrons. The Labute approximate surface area is 120 Å². The summed E-state index contributed by atoms with van der Waals surface area (Å²) in [6.45, 7) is 1.91. The van der Waals surface area contributed by atoms with Crippen LogP contribution >= 0.6 is 11.3 Å². The molecular formula is C14H15N3O2S. The lowest BCUT2D eigenvalue weighted by atomic mass is 10.1. The standard InChI is InChI=1S/C14H15N3O2S/c1-8-13(15)17-10(7-20-14(17)16-8)9-4-5-11(18-2)12(6-9)19-3/h4-7H,15H2,1-3H3. The summed E-state index contributed by atoms with van der Waals surface area (Å²) < 4.78 is 12.6. The fourth-order valence-electron chi connectivity index (χ4n) is 2.18. The summed E-state index contributed by atoms with van der Waals surface area (Å²) in [6, 6.07) is 5.81. The highest BCUT2D eigenvalue weighted by Crippen LogP contribution is 2.35. The van der Waals surface area contributed by atoms with E-state index in [0.717, 1.165) is 21.9 Å². The van der Waals surface area contributed by atoms with E-state index in [4.69, 9.17) is 15.2 Å². The quantitative estimate of drug-likeness (QED) is 0.805. The van der Waals surface area contributed by atoms with Crippen molar-refractivity contribution in [3.05, 3.63) is 29.3 Å². The van der Waals surface area contributed by atoms with Gasteiger partial charge in [-0.05, 0) is 25.1 Å². The molecule has 20 heavy (non-hydrogen) atoms. The SMILES string of the molecule is COc1ccc(-c2csc3nc(C)c(N)n23)cc1OC. The molecular weight excluding hydrogens is 274 g/mol. The first-order valence-electron chi connectivity index (χ1n) is 6.10. The van der Waals surface area contributed by atoms with Crippen molar-refractivity contribution in [3.63, 3.8) is 0 Å². The number of hydrogen-bond acceptors (Lipinski definition) is 5. The Morgan fingerprint density at radius 1 is 1.20 bits per heavy atom.